The lowest BCUT2D eigenvalue weighted by Crippen LogP contribution is -2.28. The van der Waals surface area contributed by atoms with Crippen molar-refractivity contribution in [1.82, 2.24) is 0 Å². The number of nitrogen functional groups attached to an aromatic ring is 1. The minimum atomic E-state index is 0.0874. The number of rotatable bonds is 5. The van der Waals surface area contributed by atoms with E-state index in [1.807, 2.05) is 46.0 Å². The average Bonchev–Trinajstić information content (AvgIpc) is 2.31. The van der Waals surface area contributed by atoms with Gasteiger partial charge in [-0.15, -0.1) is 0 Å². The van der Waals surface area contributed by atoms with E-state index in [1.165, 1.54) is 0 Å². The van der Waals surface area contributed by atoms with Crippen molar-refractivity contribution in [3.05, 3.63) is 18.2 Å². The monoisotopic (exact) mass is 247 g/mol. The van der Waals surface area contributed by atoms with Gasteiger partial charge < -0.3 is 15.4 Å². The zero-order chi connectivity index (χ0) is 13.7. The molecule has 1 unspecified atom stereocenters. The van der Waals surface area contributed by atoms with Crippen LogP contribution in [0.15, 0.2) is 18.2 Å². The van der Waals surface area contributed by atoms with E-state index in [2.05, 4.69) is 11.0 Å². The van der Waals surface area contributed by atoms with Crippen LogP contribution in [0.1, 0.15) is 27.2 Å². The largest absolute Gasteiger partial charge is 0.489 e. The molecule has 1 rings (SSSR count). The van der Waals surface area contributed by atoms with Gasteiger partial charge in [0.1, 0.15) is 5.75 Å². The third kappa shape index (κ3) is 3.56. The molecule has 0 bridgehead atoms. The quantitative estimate of drug-likeness (QED) is 0.813. The van der Waals surface area contributed by atoms with Crippen LogP contribution in [0, 0.1) is 11.3 Å². The number of hydrogen-bond acceptors (Lipinski definition) is 4. The summed E-state index contributed by atoms with van der Waals surface area (Å²) in [5, 5.41) is 8.73. The van der Waals surface area contributed by atoms with Gasteiger partial charge in [0.2, 0.25) is 0 Å². The summed E-state index contributed by atoms with van der Waals surface area (Å²) in [6, 6.07) is 8.03. The molecule has 0 spiro atoms. The first kappa shape index (κ1) is 14.2. The molecular formula is C14H21N3O. The first-order valence-electron chi connectivity index (χ1n) is 6.11. The Morgan fingerprint density at radius 2 is 2.06 bits per heavy atom. The molecule has 0 amide bonds. The van der Waals surface area contributed by atoms with E-state index in [4.69, 9.17) is 15.7 Å². The van der Waals surface area contributed by atoms with Crippen molar-refractivity contribution >= 4 is 11.4 Å². The SMILES string of the molecule is CC(C)Oc1cc(N(C)C(C)CC#N)ccc1N. The molecule has 0 aromatic heterocycles. The number of hydrogen-bond donors (Lipinski definition) is 1. The zero-order valence-electron chi connectivity index (χ0n) is 11.5. The van der Waals surface area contributed by atoms with Crippen molar-refractivity contribution in [2.24, 2.45) is 0 Å². The van der Waals surface area contributed by atoms with Crippen LogP contribution in [0.2, 0.25) is 0 Å². The minimum Gasteiger partial charge on any atom is -0.489 e. The van der Waals surface area contributed by atoms with Gasteiger partial charge in [-0.1, -0.05) is 0 Å². The molecule has 0 aliphatic rings. The molecule has 98 valence electrons. The molecule has 0 radical (unpaired) electrons. The number of anilines is 2. The number of nitrogens with two attached hydrogens (primary N) is 1. The van der Waals surface area contributed by atoms with Crippen molar-refractivity contribution < 1.29 is 4.74 Å². The molecular weight excluding hydrogens is 226 g/mol. The van der Waals surface area contributed by atoms with E-state index in [0.29, 0.717) is 17.9 Å². The molecule has 2 N–H and O–H groups in total. The molecule has 1 aromatic carbocycles. The second-order valence-electron chi connectivity index (χ2n) is 4.71. The number of nitriles is 1. The second kappa shape index (κ2) is 6.15. The summed E-state index contributed by atoms with van der Waals surface area (Å²) < 4.78 is 5.66. The van der Waals surface area contributed by atoms with Gasteiger partial charge in [-0.3, -0.25) is 0 Å². The Balaban J connectivity index is 2.94. The highest BCUT2D eigenvalue weighted by Crippen LogP contribution is 2.29. The third-order valence-corrected chi connectivity index (χ3v) is 2.81. The van der Waals surface area contributed by atoms with E-state index in [0.717, 1.165) is 5.69 Å². The molecule has 0 fully saturated rings. The molecule has 0 aliphatic carbocycles. The van der Waals surface area contributed by atoms with Crippen molar-refractivity contribution in [1.29, 1.82) is 5.26 Å². The van der Waals surface area contributed by atoms with Crippen LogP contribution in [0.3, 0.4) is 0 Å². The Morgan fingerprint density at radius 3 is 2.61 bits per heavy atom. The number of nitrogens with zero attached hydrogens (tertiary/aromatic N) is 2. The Labute approximate surface area is 109 Å². The van der Waals surface area contributed by atoms with E-state index >= 15 is 0 Å². The third-order valence-electron chi connectivity index (χ3n) is 2.81. The minimum absolute atomic E-state index is 0.0874. The number of benzene rings is 1. The molecule has 0 saturated carbocycles. The summed E-state index contributed by atoms with van der Waals surface area (Å²) in [4.78, 5) is 2.05. The Hall–Kier alpha value is -1.89. The van der Waals surface area contributed by atoms with Gasteiger partial charge in [0, 0.05) is 24.8 Å². The van der Waals surface area contributed by atoms with Gasteiger partial charge in [0.15, 0.2) is 0 Å². The smallest absolute Gasteiger partial charge is 0.144 e. The predicted molar refractivity (Wildman–Crippen MR) is 74.7 cm³/mol. The summed E-state index contributed by atoms with van der Waals surface area (Å²) in [6.45, 7) is 5.95. The molecule has 0 saturated heterocycles. The van der Waals surface area contributed by atoms with Crippen LogP contribution in [0.25, 0.3) is 0 Å². The van der Waals surface area contributed by atoms with Crippen LogP contribution in [0.5, 0.6) is 5.75 Å². The van der Waals surface area contributed by atoms with Gasteiger partial charge in [0.25, 0.3) is 0 Å². The molecule has 4 nitrogen and oxygen atoms in total. The van der Waals surface area contributed by atoms with Crippen molar-refractivity contribution in [2.75, 3.05) is 17.7 Å². The molecule has 0 aliphatic heterocycles. The fourth-order valence-electron chi connectivity index (χ4n) is 1.62. The molecule has 4 heteroatoms. The van der Waals surface area contributed by atoms with Crippen molar-refractivity contribution in [3.8, 4) is 11.8 Å². The van der Waals surface area contributed by atoms with Crippen LogP contribution < -0.4 is 15.4 Å². The first-order valence-corrected chi connectivity index (χ1v) is 6.11. The van der Waals surface area contributed by atoms with E-state index in [9.17, 15) is 0 Å². The van der Waals surface area contributed by atoms with E-state index in [1.54, 1.807) is 0 Å². The summed E-state index contributed by atoms with van der Waals surface area (Å²) in [5.74, 6) is 0.693. The van der Waals surface area contributed by atoms with Crippen molar-refractivity contribution in [2.45, 2.75) is 39.3 Å². The fraction of sp³-hybridized carbons (Fsp3) is 0.500. The Bertz CT molecular complexity index is 437. The summed E-state index contributed by atoms with van der Waals surface area (Å²) in [6.07, 6.45) is 0.575. The lowest BCUT2D eigenvalue weighted by molar-refractivity contribution is 0.244. The maximum Gasteiger partial charge on any atom is 0.144 e. The van der Waals surface area contributed by atoms with Gasteiger partial charge in [-0.2, -0.15) is 5.26 Å². The first-order chi connectivity index (χ1) is 8.45. The fourth-order valence-corrected chi connectivity index (χ4v) is 1.62. The molecule has 1 aromatic rings. The highest BCUT2D eigenvalue weighted by atomic mass is 16.5. The van der Waals surface area contributed by atoms with Crippen molar-refractivity contribution in [3.63, 3.8) is 0 Å². The van der Waals surface area contributed by atoms with Gasteiger partial charge in [-0.05, 0) is 32.9 Å². The predicted octanol–water partition coefficient (Wildman–Crippen LogP) is 2.79. The molecule has 0 heterocycles. The maximum absolute atomic E-state index is 8.73. The van der Waals surface area contributed by atoms with Gasteiger partial charge in [-0.25, -0.2) is 0 Å². The number of ether oxygens (including phenoxy) is 1. The lowest BCUT2D eigenvalue weighted by atomic mass is 10.2. The van der Waals surface area contributed by atoms with Crippen LogP contribution >= 0.6 is 0 Å². The summed E-state index contributed by atoms with van der Waals surface area (Å²) in [7, 11) is 1.96. The highest BCUT2D eigenvalue weighted by Gasteiger charge is 2.12. The Kier molecular flexibility index (Phi) is 4.85. The highest BCUT2D eigenvalue weighted by molar-refractivity contribution is 5.62. The van der Waals surface area contributed by atoms with E-state index < -0.39 is 0 Å². The summed E-state index contributed by atoms with van der Waals surface area (Å²) in [5.41, 5.74) is 7.51. The average molecular weight is 247 g/mol. The normalized spacial score (nSPS) is 12.0. The van der Waals surface area contributed by atoms with Crippen LogP contribution in [0.4, 0.5) is 11.4 Å². The van der Waals surface area contributed by atoms with Gasteiger partial charge in [0.05, 0.1) is 24.3 Å². The Morgan fingerprint density at radius 1 is 1.39 bits per heavy atom. The molecule has 1 atom stereocenters. The second-order valence-corrected chi connectivity index (χ2v) is 4.71. The van der Waals surface area contributed by atoms with E-state index in [-0.39, 0.29) is 12.1 Å². The standard InChI is InChI=1S/C14H21N3O/c1-10(2)18-14-9-12(5-6-13(14)16)17(4)11(3)7-8-15/h5-6,9-11H,7,16H2,1-4H3. The summed E-state index contributed by atoms with van der Waals surface area (Å²) >= 11 is 0. The van der Waals surface area contributed by atoms with Crippen LogP contribution in [-0.4, -0.2) is 19.2 Å². The lowest BCUT2D eigenvalue weighted by Gasteiger charge is -2.26. The zero-order valence-corrected chi connectivity index (χ0v) is 11.5. The maximum atomic E-state index is 8.73. The van der Waals surface area contributed by atoms with Gasteiger partial charge >= 0.3 is 0 Å². The topological polar surface area (TPSA) is 62.3 Å². The van der Waals surface area contributed by atoms with Crippen LogP contribution in [-0.2, 0) is 0 Å². The molecule has 18 heavy (non-hydrogen) atoms.